The summed E-state index contributed by atoms with van der Waals surface area (Å²) in [5, 5.41) is -0.296. The fourth-order valence-corrected chi connectivity index (χ4v) is 9.41. The molecule has 0 fully saturated rings. The zero-order chi connectivity index (χ0) is 48.1. The average Bonchev–Trinajstić information content (AvgIpc) is 3.23. The number of methoxy groups -OCH3 is 4. The van der Waals surface area contributed by atoms with Crippen molar-refractivity contribution in [3.63, 3.8) is 0 Å². The van der Waals surface area contributed by atoms with Crippen LogP contribution in [0.2, 0.25) is 36.3 Å². The first-order chi connectivity index (χ1) is 30.1. The van der Waals surface area contributed by atoms with Crippen molar-refractivity contribution in [1.82, 2.24) is 0 Å². The molecule has 0 amide bonds. The van der Waals surface area contributed by atoms with Crippen LogP contribution in [0, 0.1) is 0 Å². The molecule has 0 saturated heterocycles. The maximum atomic E-state index is 14.0. The Bertz CT molecular complexity index is 1550. The molecule has 12 nitrogen and oxygen atoms in total. The molecule has 2 aromatic carbocycles. The van der Waals surface area contributed by atoms with E-state index < -0.39 is 77.4 Å². The molecule has 14 heteroatoms. The van der Waals surface area contributed by atoms with E-state index in [-0.39, 0.29) is 23.7 Å². The highest BCUT2D eigenvalue weighted by molar-refractivity contribution is 6.74. The van der Waals surface area contributed by atoms with Crippen LogP contribution in [-0.4, -0.2) is 107 Å². The molecule has 64 heavy (non-hydrogen) atoms. The van der Waals surface area contributed by atoms with Gasteiger partial charge in [-0.15, -0.1) is 0 Å². The van der Waals surface area contributed by atoms with Gasteiger partial charge >= 0.3 is 11.9 Å². The van der Waals surface area contributed by atoms with Crippen LogP contribution in [0.5, 0.6) is 0 Å². The van der Waals surface area contributed by atoms with Gasteiger partial charge in [0.1, 0.15) is 38.0 Å². The summed E-state index contributed by atoms with van der Waals surface area (Å²) in [6.07, 6.45) is 3.48. The summed E-state index contributed by atoms with van der Waals surface area (Å²) in [4.78, 5) is 28.1. The Morgan fingerprint density at radius 3 is 1.11 bits per heavy atom. The molecule has 0 radical (unpaired) electrons. The zero-order valence-electron chi connectivity index (χ0n) is 41.8. The second-order valence-corrected chi connectivity index (χ2v) is 28.6. The van der Waals surface area contributed by atoms with E-state index in [1.54, 1.807) is 14.2 Å². The van der Waals surface area contributed by atoms with Gasteiger partial charge in [-0.3, -0.25) is 0 Å². The number of hydrogen-bond donors (Lipinski definition) is 0. The summed E-state index contributed by atoms with van der Waals surface area (Å²) in [6, 6.07) is 18.6. The van der Waals surface area contributed by atoms with Crippen molar-refractivity contribution in [3.8, 4) is 0 Å². The van der Waals surface area contributed by atoms with Crippen LogP contribution in [-0.2, 0) is 56.3 Å². The van der Waals surface area contributed by atoms with Crippen LogP contribution in [0.1, 0.15) is 104 Å². The first-order valence-corrected chi connectivity index (χ1v) is 28.3. The highest BCUT2D eigenvalue weighted by atomic mass is 28.4. The molecule has 0 aliphatic heterocycles. The minimum atomic E-state index is -2.49. The molecule has 2 unspecified atom stereocenters. The Morgan fingerprint density at radius 2 is 0.844 bits per heavy atom. The molecule has 0 aliphatic rings. The molecule has 0 spiro atoms. The van der Waals surface area contributed by atoms with Gasteiger partial charge in [-0.05, 0) is 86.9 Å². The van der Waals surface area contributed by atoms with Gasteiger partial charge in [0, 0.05) is 28.4 Å². The van der Waals surface area contributed by atoms with Crippen molar-refractivity contribution in [2.45, 2.75) is 166 Å². The topological polar surface area (TPSA) is 126 Å². The fourth-order valence-electron chi connectivity index (χ4n) is 6.65. The van der Waals surface area contributed by atoms with Crippen molar-refractivity contribution in [2.75, 3.05) is 42.0 Å². The molecule has 0 aromatic heterocycles. The number of carbonyl (C=O) groups is 2. The summed E-state index contributed by atoms with van der Waals surface area (Å²) >= 11 is 0. The fraction of sp³-hybridized carbons (Fsp3) is 0.640. The Morgan fingerprint density at radius 1 is 0.531 bits per heavy atom. The molecule has 2 aromatic rings. The predicted octanol–water partition coefficient (Wildman–Crippen LogP) is 11.1. The normalized spacial score (nSPS) is 16.8. The van der Waals surface area contributed by atoms with Crippen LogP contribution >= 0.6 is 0 Å². The van der Waals surface area contributed by atoms with Gasteiger partial charge in [-0.25, -0.2) is 9.59 Å². The maximum Gasteiger partial charge on any atom is 0.340 e. The largest absolute Gasteiger partial charge is 0.457 e. The average molecular weight is 931 g/mol. The van der Waals surface area contributed by atoms with Crippen molar-refractivity contribution < 1.29 is 56.3 Å². The minimum Gasteiger partial charge on any atom is -0.457 e. The van der Waals surface area contributed by atoms with Gasteiger partial charge in [0.15, 0.2) is 28.8 Å². The van der Waals surface area contributed by atoms with E-state index in [0.29, 0.717) is 36.8 Å². The van der Waals surface area contributed by atoms with E-state index in [0.717, 1.165) is 0 Å². The Hall–Kier alpha value is -3.03. The van der Waals surface area contributed by atoms with Gasteiger partial charge in [0.25, 0.3) is 0 Å². The van der Waals surface area contributed by atoms with Crippen molar-refractivity contribution in [1.29, 1.82) is 0 Å². The summed E-state index contributed by atoms with van der Waals surface area (Å²) in [7, 11) is 1.11. The summed E-state index contributed by atoms with van der Waals surface area (Å²) in [5.41, 5.74) is 1.36. The van der Waals surface area contributed by atoms with E-state index in [2.05, 4.69) is 67.7 Å². The third kappa shape index (κ3) is 18.0. The lowest BCUT2D eigenvalue weighted by molar-refractivity contribution is -0.174. The first-order valence-electron chi connectivity index (χ1n) is 22.5. The molecular formula is C50H82O12Si2. The SMILES string of the molecule is C/C=C/[C@@H](OCOC)[C@H](CC[C@@H](O[Si](C)(C)C(C)(C)C)[C@@H](CC[C@H](OC(=O)C(OC)c1ccccc1)[C@@H](/C=C/C)OCOC)O[Si](C)(C)C(C)(C)C)OC(=O)C(OC)c1ccccc1. The van der Waals surface area contributed by atoms with Crippen LogP contribution in [0.4, 0.5) is 0 Å². The van der Waals surface area contributed by atoms with Crippen LogP contribution in [0.25, 0.3) is 0 Å². The quantitative estimate of drug-likeness (QED) is 0.0333. The summed E-state index contributed by atoms with van der Waals surface area (Å²) in [5.74, 6) is -1.07. The van der Waals surface area contributed by atoms with Crippen LogP contribution in [0.15, 0.2) is 85.0 Å². The summed E-state index contributed by atoms with van der Waals surface area (Å²) < 4.78 is 62.0. The smallest absolute Gasteiger partial charge is 0.340 e. The predicted molar refractivity (Wildman–Crippen MR) is 258 cm³/mol. The number of rotatable bonds is 29. The number of ether oxygens (including phenoxy) is 8. The van der Waals surface area contributed by atoms with E-state index >= 15 is 0 Å². The molecule has 0 heterocycles. The first kappa shape index (κ1) is 57.1. The molecule has 0 N–H and O–H groups in total. The number of allylic oxidation sites excluding steroid dienone is 2. The van der Waals surface area contributed by atoms with E-state index in [9.17, 15) is 9.59 Å². The Balaban J connectivity index is 2.76. The second-order valence-electron chi connectivity index (χ2n) is 19.1. The number of benzene rings is 2. The van der Waals surface area contributed by atoms with Gasteiger partial charge in [0.2, 0.25) is 0 Å². The second kappa shape index (κ2) is 27.6. The van der Waals surface area contributed by atoms with E-state index in [1.807, 2.05) is 98.8 Å². The lowest BCUT2D eigenvalue weighted by atomic mass is 9.97. The van der Waals surface area contributed by atoms with Crippen molar-refractivity contribution in [2.24, 2.45) is 0 Å². The number of carbonyl (C=O) groups excluding carboxylic acids is 2. The Kier molecular flexibility index (Phi) is 24.6. The van der Waals surface area contributed by atoms with Gasteiger partial charge < -0.3 is 46.7 Å². The third-order valence-corrected chi connectivity index (χ3v) is 21.3. The number of esters is 2. The van der Waals surface area contributed by atoms with Crippen LogP contribution < -0.4 is 0 Å². The summed E-state index contributed by atoms with van der Waals surface area (Å²) in [6.45, 7) is 26.0. The zero-order valence-corrected chi connectivity index (χ0v) is 43.8. The van der Waals surface area contributed by atoms with Crippen molar-refractivity contribution >= 4 is 28.6 Å². The molecular weight excluding hydrogens is 849 g/mol. The van der Waals surface area contributed by atoms with E-state index in [1.165, 1.54) is 14.2 Å². The van der Waals surface area contributed by atoms with Crippen molar-refractivity contribution in [3.05, 3.63) is 96.1 Å². The maximum absolute atomic E-state index is 14.0. The molecule has 0 saturated carbocycles. The van der Waals surface area contributed by atoms with Crippen LogP contribution in [0.3, 0.4) is 0 Å². The monoisotopic (exact) mass is 931 g/mol. The Labute approximate surface area is 387 Å². The standard InChI is InChI=1S/C50H82O12Si2/c1-17-25-39(57-35-53-9)41(59-47(51)45(55-11)37-27-21-19-22-28-37)31-33-43(61-63(13,14)49(3,4)5)44(62-64(15,16)50(6,7)8)34-32-42(40(26-18-2)58-36-54-10)60-48(52)46(56-12)38-29-23-20-24-30-38/h17-30,39-46H,31-36H2,1-16H3/b25-17+,26-18+/t39-,40-,41+,42+,43-,44-,45?,46?/m1/s1. The molecule has 2 rings (SSSR count). The molecule has 0 bridgehead atoms. The van der Waals surface area contributed by atoms with Gasteiger partial charge in [-0.2, -0.15) is 0 Å². The minimum absolute atomic E-state index is 0.0106. The van der Waals surface area contributed by atoms with Gasteiger partial charge in [0.05, 0.1) is 12.2 Å². The molecule has 362 valence electrons. The van der Waals surface area contributed by atoms with Gasteiger partial charge in [-0.1, -0.05) is 127 Å². The lowest BCUT2D eigenvalue weighted by Crippen LogP contribution is -2.52. The number of hydrogen-bond acceptors (Lipinski definition) is 12. The lowest BCUT2D eigenvalue weighted by Gasteiger charge is -2.46. The highest BCUT2D eigenvalue weighted by Crippen LogP contribution is 2.42. The molecule has 0 aliphatic carbocycles. The molecule has 8 atom stereocenters. The third-order valence-electron chi connectivity index (χ3n) is 12.3. The van der Waals surface area contributed by atoms with E-state index in [4.69, 9.17) is 46.7 Å². The highest BCUT2D eigenvalue weighted by Gasteiger charge is 2.46.